The fourth-order valence-electron chi connectivity index (χ4n) is 1.66. The summed E-state index contributed by atoms with van der Waals surface area (Å²) >= 11 is 0. The van der Waals surface area contributed by atoms with Crippen molar-refractivity contribution in [1.29, 1.82) is 0 Å². The zero-order valence-electron chi connectivity index (χ0n) is 12.8. The van der Waals surface area contributed by atoms with E-state index in [0.717, 1.165) is 26.2 Å². The second-order valence-corrected chi connectivity index (χ2v) is 5.58. The molecular formula is C15H23N3O3. The quantitative estimate of drug-likeness (QED) is 0.826. The minimum Gasteiger partial charge on any atom is -0.462 e. The number of carbonyl (C=O) groups is 2. The first-order valence-corrected chi connectivity index (χ1v) is 6.96. The lowest BCUT2D eigenvalue weighted by molar-refractivity contribution is -0.138. The number of ether oxygens (including phenoxy) is 1. The Morgan fingerprint density at radius 3 is 2.43 bits per heavy atom. The van der Waals surface area contributed by atoms with Crippen molar-refractivity contribution in [2.75, 3.05) is 26.2 Å². The SMILES string of the molecule is CC(C)(C)OC=O.O=C(c1ccccn1)N1CCNCC1. The third kappa shape index (κ3) is 6.85. The first kappa shape index (κ1) is 17.1. The van der Waals surface area contributed by atoms with Gasteiger partial charge in [-0.15, -0.1) is 0 Å². The van der Waals surface area contributed by atoms with Crippen molar-refractivity contribution in [3.8, 4) is 0 Å². The number of aromatic nitrogens is 1. The fourth-order valence-corrected chi connectivity index (χ4v) is 1.66. The zero-order valence-corrected chi connectivity index (χ0v) is 12.8. The summed E-state index contributed by atoms with van der Waals surface area (Å²) in [6.07, 6.45) is 1.65. The maximum Gasteiger partial charge on any atom is 0.293 e. The van der Waals surface area contributed by atoms with E-state index < -0.39 is 0 Å². The molecule has 21 heavy (non-hydrogen) atoms. The van der Waals surface area contributed by atoms with Crippen molar-refractivity contribution in [1.82, 2.24) is 15.2 Å². The molecule has 1 fully saturated rings. The Kier molecular flexibility index (Phi) is 6.81. The van der Waals surface area contributed by atoms with Crippen molar-refractivity contribution in [3.05, 3.63) is 30.1 Å². The van der Waals surface area contributed by atoms with E-state index in [1.807, 2.05) is 37.8 Å². The molecule has 0 spiro atoms. The van der Waals surface area contributed by atoms with Crippen molar-refractivity contribution in [2.24, 2.45) is 0 Å². The van der Waals surface area contributed by atoms with Gasteiger partial charge in [-0.1, -0.05) is 6.07 Å². The monoisotopic (exact) mass is 293 g/mol. The molecule has 6 nitrogen and oxygen atoms in total. The van der Waals surface area contributed by atoms with E-state index >= 15 is 0 Å². The minimum absolute atomic E-state index is 0.0344. The van der Waals surface area contributed by atoms with Gasteiger partial charge < -0.3 is 15.0 Å². The molecule has 0 atom stereocenters. The third-order valence-corrected chi connectivity index (χ3v) is 2.69. The molecule has 1 aromatic heterocycles. The van der Waals surface area contributed by atoms with Crippen LogP contribution < -0.4 is 5.32 Å². The van der Waals surface area contributed by atoms with Gasteiger partial charge >= 0.3 is 0 Å². The highest BCUT2D eigenvalue weighted by molar-refractivity contribution is 5.92. The standard InChI is InChI=1S/C10H13N3O.C5H10O2/c14-10(9-3-1-2-4-12-9)13-7-5-11-6-8-13;1-5(2,3)7-4-6/h1-4,11H,5-8H2;4H,1-3H3. The van der Waals surface area contributed by atoms with Gasteiger partial charge in [0.1, 0.15) is 11.3 Å². The summed E-state index contributed by atoms with van der Waals surface area (Å²) in [5, 5.41) is 3.21. The Morgan fingerprint density at radius 1 is 1.33 bits per heavy atom. The van der Waals surface area contributed by atoms with Crippen LogP contribution >= 0.6 is 0 Å². The summed E-state index contributed by atoms with van der Waals surface area (Å²) in [5.74, 6) is 0.0344. The molecule has 0 radical (unpaired) electrons. The highest BCUT2D eigenvalue weighted by Gasteiger charge is 2.18. The molecule has 6 heteroatoms. The van der Waals surface area contributed by atoms with Crippen LogP contribution in [0.1, 0.15) is 31.3 Å². The van der Waals surface area contributed by atoms with Crippen LogP contribution in [0.2, 0.25) is 0 Å². The second kappa shape index (κ2) is 8.36. The average Bonchev–Trinajstić information content (AvgIpc) is 2.48. The van der Waals surface area contributed by atoms with Gasteiger partial charge in [-0.25, -0.2) is 0 Å². The molecule has 1 amide bonds. The van der Waals surface area contributed by atoms with Gasteiger partial charge in [0.05, 0.1) is 0 Å². The topological polar surface area (TPSA) is 71.5 Å². The number of carbonyl (C=O) groups excluding carboxylic acids is 2. The lowest BCUT2D eigenvalue weighted by Crippen LogP contribution is -2.46. The predicted octanol–water partition coefficient (Wildman–Crippen LogP) is 1.08. The normalized spacial score (nSPS) is 14.7. The maximum absolute atomic E-state index is 11.8. The van der Waals surface area contributed by atoms with Crippen LogP contribution in [0.4, 0.5) is 0 Å². The van der Waals surface area contributed by atoms with Crippen molar-refractivity contribution in [2.45, 2.75) is 26.4 Å². The highest BCUT2D eigenvalue weighted by Crippen LogP contribution is 2.03. The molecule has 2 rings (SSSR count). The van der Waals surface area contributed by atoms with E-state index in [-0.39, 0.29) is 11.5 Å². The Labute approximate surface area is 125 Å². The van der Waals surface area contributed by atoms with Crippen molar-refractivity contribution < 1.29 is 14.3 Å². The summed E-state index contributed by atoms with van der Waals surface area (Å²) in [7, 11) is 0. The number of hydrogen-bond acceptors (Lipinski definition) is 5. The average molecular weight is 293 g/mol. The van der Waals surface area contributed by atoms with Crippen LogP contribution in [0.25, 0.3) is 0 Å². The molecule has 116 valence electrons. The number of hydrogen-bond donors (Lipinski definition) is 1. The van der Waals surface area contributed by atoms with Gasteiger partial charge in [-0.2, -0.15) is 0 Å². The summed E-state index contributed by atoms with van der Waals surface area (Å²) in [4.78, 5) is 27.3. The third-order valence-electron chi connectivity index (χ3n) is 2.69. The number of rotatable bonds is 2. The van der Waals surface area contributed by atoms with E-state index in [1.165, 1.54) is 0 Å². The Hall–Kier alpha value is -1.95. The summed E-state index contributed by atoms with van der Waals surface area (Å²) in [6.45, 7) is 9.21. The largest absolute Gasteiger partial charge is 0.462 e. The van der Waals surface area contributed by atoms with E-state index in [0.29, 0.717) is 12.2 Å². The lowest BCUT2D eigenvalue weighted by Gasteiger charge is -2.26. The molecular weight excluding hydrogens is 270 g/mol. The van der Waals surface area contributed by atoms with Gasteiger partial charge in [-0.3, -0.25) is 14.6 Å². The molecule has 1 saturated heterocycles. The number of pyridine rings is 1. The molecule has 1 aliphatic rings. The summed E-state index contributed by atoms with van der Waals surface area (Å²) in [6, 6.07) is 5.40. The summed E-state index contributed by atoms with van der Waals surface area (Å²) < 4.78 is 4.55. The van der Waals surface area contributed by atoms with E-state index in [4.69, 9.17) is 0 Å². The molecule has 1 aliphatic heterocycles. The van der Waals surface area contributed by atoms with Crippen LogP contribution in [0, 0.1) is 0 Å². The zero-order chi connectivity index (χ0) is 15.7. The number of nitrogens with zero attached hydrogens (tertiary/aromatic N) is 2. The predicted molar refractivity (Wildman–Crippen MR) is 79.9 cm³/mol. The molecule has 2 heterocycles. The van der Waals surface area contributed by atoms with Gasteiger partial charge in [-0.05, 0) is 32.9 Å². The Bertz CT molecular complexity index is 437. The maximum atomic E-state index is 11.8. The van der Waals surface area contributed by atoms with Gasteiger partial charge in [0, 0.05) is 32.4 Å². The molecule has 1 N–H and O–H groups in total. The fraction of sp³-hybridized carbons (Fsp3) is 0.533. The van der Waals surface area contributed by atoms with Crippen LogP contribution in [-0.2, 0) is 9.53 Å². The molecule has 0 saturated carbocycles. The minimum atomic E-state index is -0.318. The van der Waals surface area contributed by atoms with Crippen LogP contribution in [0.3, 0.4) is 0 Å². The first-order chi connectivity index (χ1) is 9.94. The van der Waals surface area contributed by atoms with Crippen LogP contribution in [0.15, 0.2) is 24.4 Å². The number of piperazine rings is 1. The van der Waals surface area contributed by atoms with Crippen molar-refractivity contribution in [3.63, 3.8) is 0 Å². The van der Waals surface area contributed by atoms with E-state index in [1.54, 1.807) is 12.3 Å². The number of nitrogens with one attached hydrogen (secondary N) is 1. The second-order valence-electron chi connectivity index (χ2n) is 5.58. The highest BCUT2D eigenvalue weighted by atomic mass is 16.5. The van der Waals surface area contributed by atoms with Gasteiger partial charge in [0.15, 0.2) is 0 Å². The Morgan fingerprint density at radius 2 is 2.00 bits per heavy atom. The molecule has 0 bridgehead atoms. The van der Waals surface area contributed by atoms with Crippen molar-refractivity contribution >= 4 is 12.4 Å². The molecule has 0 aliphatic carbocycles. The lowest BCUT2D eigenvalue weighted by atomic mass is 10.2. The molecule has 0 unspecified atom stereocenters. The van der Waals surface area contributed by atoms with E-state index in [9.17, 15) is 9.59 Å². The Balaban J connectivity index is 0.000000270. The number of amides is 1. The van der Waals surface area contributed by atoms with E-state index in [2.05, 4.69) is 15.0 Å². The van der Waals surface area contributed by atoms with Crippen LogP contribution in [0.5, 0.6) is 0 Å². The van der Waals surface area contributed by atoms with Crippen LogP contribution in [-0.4, -0.2) is 54.0 Å². The summed E-state index contributed by atoms with van der Waals surface area (Å²) in [5.41, 5.74) is 0.219. The smallest absolute Gasteiger partial charge is 0.293 e. The molecule has 1 aromatic rings. The van der Waals surface area contributed by atoms with Gasteiger partial charge in [0.2, 0.25) is 0 Å². The first-order valence-electron chi connectivity index (χ1n) is 6.96. The molecule has 0 aromatic carbocycles. The van der Waals surface area contributed by atoms with Gasteiger partial charge in [0.25, 0.3) is 12.4 Å².